The smallest absolute Gasteiger partial charge is 0.335 e. The van der Waals surface area contributed by atoms with Crippen LogP contribution in [0.1, 0.15) is 13.3 Å². The fourth-order valence-electron chi connectivity index (χ4n) is 0.854. The molecule has 0 aromatic rings. The van der Waals surface area contributed by atoms with Gasteiger partial charge in [0.25, 0.3) is 0 Å². The van der Waals surface area contributed by atoms with Crippen molar-refractivity contribution in [3.05, 3.63) is 0 Å². The quantitative estimate of drug-likeness (QED) is 0.480. The minimum atomic E-state index is -0.287. The molecule has 0 saturated carbocycles. The Bertz CT molecular complexity index is 115. The molecule has 0 amide bonds. The highest BCUT2D eigenvalue weighted by atomic mass is 16.6. The molecule has 2 atom stereocenters. The Morgan fingerprint density at radius 1 is 1.78 bits per heavy atom. The summed E-state index contributed by atoms with van der Waals surface area (Å²) in [6.45, 7) is 1.93. The van der Waals surface area contributed by atoms with Crippen molar-refractivity contribution in [2.24, 2.45) is 0 Å². The van der Waals surface area contributed by atoms with E-state index < -0.39 is 0 Å². The summed E-state index contributed by atoms with van der Waals surface area (Å²) >= 11 is 0. The Labute approximate surface area is 53.9 Å². The second-order valence-electron chi connectivity index (χ2n) is 2.19. The van der Waals surface area contributed by atoms with Gasteiger partial charge < -0.3 is 9.47 Å². The molecule has 0 spiro atoms. The van der Waals surface area contributed by atoms with Gasteiger partial charge >= 0.3 is 5.97 Å². The van der Waals surface area contributed by atoms with Crippen molar-refractivity contribution < 1.29 is 14.3 Å². The highest BCUT2D eigenvalue weighted by molar-refractivity contribution is 5.75. The maximum absolute atomic E-state index is 10.6. The van der Waals surface area contributed by atoms with Gasteiger partial charge in [-0.2, -0.15) is 0 Å². The van der Waals surface area contributed by atoms with E-state index in [0.717, 1.165) is 6.42 Å². The molecule has 9 heavy (non-hydrogen) atoms. The Balaban J connectivity index is 2.23. The average molecular weight is 130 g/mol. The Morgan fingerprint density at radius 2 is 2.33 bits per heavy atom. The Hall–Kier alpha value is -0.570. The molecule has 3 heteroatoms. The van der Waals surface area contributed by atoms with E-state index in [2.05, 4.69) is 4.74 Å². The van der Waals surface area contributed by atoms with Crippen molar-refractivity contribution in [3.63, 3.8) is 0 Å². The van der Waals surface area contributed by atoms with E-state index in [-0.39, 0.29) is 18.2 Å². The van der Waals surface area contributed by atoms with Gasteiger partial charge in [0.1, 0.15) is 0 Å². The van der Waals surface area contributed by atoms with Crippen molar-refractivity contribution in [1.29, 1.82) is 0 Å². The lowest BCUT2D eigenvalue weighted by Crippen LogP contribution is -2.41. The summed E-state index contributed by atoms with van der Waals surface area (Å²) in [5.41, 5.74) is 0. The molecule has 0 radical (unpaired) electrons. The third-order valence-corrected chi connectivity index (χ3v) is 1.41. The van der Waals surface area contributed by atoms with E-state index in [1.54, 1.807) is 0 Å². The zero-order chi connectivity index (χ0) is 6.85. The van der Waals surface area contributed by atoms with Crippen LogP contribution in [0.15, 0.2) is 0 Å². The van der Waals surface area contributed by atoms with Crippen LogP contribution >= 0.6 is 0 Å². The monoisotopic (exact) mass is 130 g/mol. The summed E-state index contributed by atoms with van der Waals surface area (Å²) in [6.07, 6.45) is 0.742. The summed E-state index contributed by atoms with van der Waals surface area (Å²) in [4.78, 5) is 10.6. The largest absolute Gasteiger partial charge is 0.467 e. The highest BCUT2D eigenvalue weighted by Gasteiger charge is 2.33. The second kappa shape index (κ2) is 2.35. The number of ether oxygens (including phenoxy) is 2. The summed E-state index contributed by atoms with van der Waals surface area (Å²) < 4.78 is 9.46. The molecule has 1 saturated heterocycles. The van der Waals surface area contributed by atoms with Crippen LogP contribution < -0.4 is 0 Å². The lowest BCUT2D eigenvalue weighted by Gasteiger charge is -2.30. The molecular weight excluding hydrogens is 120 g/mol. The third kappa shape index (κ3) is 1.21. The van der Waals surface area contributed by atoms with Gasteiger partial charge in [-0.05, 0) is 6.92 Å². The van der Waals surface area contributed by atoms with Crippen LogP contribution in [0, 0.1) is 0 Å². The van der Waals surface area contributed by atoms with Gasteiger partial charge in [0, 0.05) is 6.42 Å². The molecular formula is C6H10O3. The number of carbonyl (C=O) groups is 1. The zero-order valence-corrected chi connectivity index (χ0v) is 5.59. The van der Waals surface area contributed by atoms with Gasteiger partial charge in [0.15, 0.2) is 6.10 Å². The molecule has 0 aromatic heterocycles. The molecule has 0 bridgehead atoms. The van der Waals surface area contributed by atoms with Crippen LogP contribution in [0.5, 0.6) is 0 Å². The van der Waals surface area contributed by atoms with Crippen LogP contribution in [-0.2, 0) is 14.3 Å². The van der Waals surface area contributed by atoms with E-state index in [9.17, 15) is 4.79 Å². The molecule has 1 aliphatic heterocycles. The van der Waals surface area contributed by atoms with E-state index in [1.807, 2.05) is 6.92 Å². The maximum atomic E-state index is 10.6. The van der Waals surface area contributed by atoms with Crippen LogP contribution in [0.25, 0.3) is 0 Å². The third-order valence-electron chi connectivity index (χ3n) is 1.41. The second-order valence-corrected chi connectivity index (χ2v) is 2.19. The SMILES string of the molecule is COC(=O)[C@H]1C[C@H](C)O1. The topological polar surface area (TPSA) is 35.5 Å². The molecule has 1 aliphatic rings. The van der Waals surface area contributed by atoms with Crippen molar-refractivity contribution in [2.75, 3.05) is 7.11 Å². The number of hydrogen-bond donors (Lipinski definition) is 0. The zero-order valence-electron chi connectivity index (χ0n) is 5.59. The molecule has 0 N–H and O–H groups in total. The molecule has 1 heterocycles. The summed E-state index contributed by atoms with van der Waals surface area (Å²) in [6, 6.07) is 0. The summed E-state index contributed by atoms with van der Waals surface area (Å²) in [5.74, 6) is -0.256. The minimum absolute atomic E-state index is 0.231. The van der Waals surface area contributed by atoms with E-state index >= 15 is 0 Å². The molecule has 52 valence electrons. The fourth-order valence-corrected chi connectivity index (χ4v) is 0.854. The van der Waals surface area contributed by atoms with Gasteiger partial charge in [-0.25, -0.2) is 4.79 Å². The Kier molecular flexibility index (Phi) is 1.71. The van der Waals surface area contributed by atoms with Crippen molar-refractivity contribution in [2.45, 2.75) is 25.6 Å². The minimum Gasteiger partial charge on any atom is -0.467 e. The van der Waals surface area contributed by atoms with Crippen molar-refractivity contribution in [1.82, 2.24) is 0 Å². The van der Waals surface area contributed by atoms with Crippen molar-refractivity contribution in [3.8, 4) is 0 Å². The molecule has 0 aromatic carbocycles. The number of hydrogen-bond acceptors (Lipinski definition) is 3. The number of esters is 1. The first-order valence-corrected chi connectivity index (χ1v) is 2.97. The van der Waals surface area contributed by atoms with Gasteiger partial charge in [-0.15, -0.1) is 0 Å². The van der Waals surface area contributed by atoms with E-state index in [1.165, 1.54) is 7.11 Å². The van der Waals surface area contributed by atoms with Crippen LogP contribution in [-0.4, -0.2) is 25.3 Å². The first-order chi connectivity index (χ1) is 4.24. The summed E-state index contributed by atoms with van der Waals surface area (Å²) in [5, 5.41) is 0. The molecule has 1 fully saturated rings. The first-order valence-electron chi connectivity index (χ1n) is 2.97. The standard InChI is InChI=1S/C6H10O3/c1-4-3-5(9-4)6(7)8-2/h4-5H,3H2,1-2H3/t4-,5+/m0/s1. The number of carbonyl (C=O) groups excluding carboxylic acids is 1. The predicted molar refractivity (Wildman–Crippen MR) is 31.0 cm³/mol. The van der Waals surface area contributed by atoms with Gasteiger partial charge in [0.05, 0.1) is 13.2 Å². The lowest BCUT2D eigenvalue weighted by molar-refractivity contribution is -0.179. The molecule has 1 rings (SSSR count). The van der Waals surface area contributed by atoms with Crippen LogP contribution in [0.4, 0.5) is 0 Å². The van der Waals surface area contributed by atoms with Gasteiger partial charge in [-0.3, -0.25) is 0 Å². The summed E-state index contributed by atoms with van der Waals surface area (Å²) in [7, 11) is 1.37. The van der Waals surface area contributed by atoms with Gasteiger partial charge in [0.2, 0.25) is 0 Å². The Morgan fingerprint density at radius 3 is 2.67 bits per heavy atom. The van der Waals surface area contributed by atoms with E-state index in [4.69, 9.17) is 4.74 Å². The first kappa shape index (κ1) is 6.55. The van der Waals surface area contributed by atoms with Crippen LogP contribution in [0.2, 0.25) is 0 Å². The normalized spacial score (nSPS) is 33.1. The fraction of sp³-hybridized carbons (Fsp3) is 0.833. The number of methoxy groups -OCH3 is 1. The molecule has 3 nitrogen and oxygen atoms in total. The van der Waals surface area contributed by atoms with Crippen molar-refractivity contribution >= 4 is 5.97 Å². The highest BCUT2D eigenvalue weighted by Crippen LogP contribution is 2.20. The average Bonchev–Trinajstić information content (AvgIpc) is 1.79. The maximum Gasteiger partial charge on any atom is 0.335 e. The van der Waals surface area contributed by atoms with Gasteiger partial charge in [-0.1, -0.05) is 0 Å². The lowest BCUT2D eigenvalue weighted by atomic mass is 10.1. The van der Waals surface area contributed by atoms with Crippen LogP contribution in [0.3, 0.4) is 0 Å². The number of rotatable bonds is 1. The predicted octanol–water partition coefficient (Wildman–Crippen LogP) is 0.337. The molecule has 0 aliphatic carbocycles. The van der Waals surface area contributed by atoms with E-state index in [0.29, 0.717) is 0 Å². The molecule has 0 unspecified atom stereocenters.